The van der Waals surface area contributed by atoms with E-state index in [1.165, 1.54) is 6.08 Å². The van der Waals surface area contributed by atoms with Crippen molar-refractivity contribution in [1.29, 1.82) is 0 Å². The van der Waals surface area contributed by atoms with Crippen molar-refractivity contribution in [3.05, 3.63) is 60.2 Å². The molecule has 0 aliphatic rings. The van der Waals surface area contributed by atoms with Crippen LogP contribution in [0.3, 0.4) is 0 Å². The third kappa shape index (κ3) is 6.34. The van der Waals surface area contributed by atoms with Crippen LogP contribution >= 0.6 is 0 Å². The molecule has 25 heavy (non-hydrogen) atoms. The lowest BCUT2D eigenvalue weighted by atomic mass is 10.2. The van der Waals surface area contributed by atoms with Gasteiger partial charge in [0.05, 0.1) is 13.2 Å². The topological polar surface area (TPSA) is 47.6 Å². The van der Waals surface area contributed by atoms with Gasteiger partial charge in [-0.1, -0.05) is 31.5 Å². The van der Waals surface area contributed by atoms with Crippen molar-refractivity contribution >= 4 is 17.7 Å². The minimum absolute atomic E-state index is 0.189. The number of unbranched alkanes of at least 4 members (excludes halogenated alkanes) is 1. The van der Waals surface area contributed by atoms with Crippen molar-refractivity contribution in [2.24, 2.45) is 0 Å². The highest BCUT2D eigenvalue weighted by atomic mass is 16.5. The molecule has 0 aliphatic carbocycles. The summed E-state index contributed by atoms with van der Waals surface area (Å²) in [4.78, 5) is 12.1. The molecule has 0 aromatic heterocycles. The molecule has 2 rings (SSSR count). The fourth-order valence-corrected chi connectivity index (χ4v) is 2.22. The maximum atomic E-state index is 12.1. The van der Waals surface area contributed by atoms with Gasteiger partial charge in [-0.25, -0.2) is 0 Å². The second-order valence-electron chi connectivity index (χ2n) is 5.52. The zero-order valence-electron chi connectivity index (χ0n) is 14.8. The fourth-order valence-electron chi connectivity index (χ4n) is 2.22. The maximum absolute atomic E-state index is 12.1. The molecule has 4 heteroatoms. The predicted molar refractivity (Wildman–Crippen MR) is 102 cm³/mol. The second kappa shape index (κ2) is 10.2. The normalized spacial score (nSPS) is 10.6. The molecule has 1 amide bonds. The summed E-state index contributed by atoms with van der Waals surface area (Å²) in [6.45, 7) is 5.36. The van der Waals surface area contributed by atoms with Crippen molar-refractivity contribution in [3.63, 3.8) is 0 Å². The lowest BCUT2D eigenvalue weighted by molar-refractivity contribution is -0.111. The quantitative estimate of drug-likeness (QED) is 0.521. The monoisotopic (exact) mass is 339 g/mol. The van der Waals surface area contributed by atoms with Gasteiger partial charge in [-0.3, -0.25) is 4.79 Å². The van der Waals surface area contributed by atoms with Crippen molar-refractivity contribution < 1.29 is 14.3 Å². The molecule has 2 aromatic rings. The Morgan fingerprint density at radius 3 is 2.52 bits per heavy atom. The molecule has 4 nitrogen and oxygen atoms in total. The summed E-state index contributed by atoms with van der Waals surface area (Å²) >= 11 is 0. The average molecular weight is 339 g/mol. The third-order valence-corrected chi connectivity index (χ3v) is 3.52. The van der Waals surface area contributed by atoms with Gasteiger partial charge in [-0.05, 0) is 49.8 Å². The molecular weight excluding hydrogens is 314 g/mol. The van der Waals surface area contributed by atoms with Gasteiger partial charge in [-0.2, -0.15) is 0 Å². The molecule has 0 atom stereocenters. The summed E-state index contributed by atoms with van der Waals surface area (Å²) in [5, 5.41) is 2.84. The van der Waals surface area contributed by atoms with Crippen LogP contribution in [0.2, 0.25) is 0 Å². The van der Waals surface area contributed by atoms with Crippen molar-refractivity contribution in [2.45, 2.75) is 26.7 Å². The number of carbonyl (C=O) groups is 1. The second-order valence-corrected chi connectivity index (χ2v) is 5.52. The van der Waals surface area contributed by atoms with E-state index in [0.29, 0.717) is 13.2 Å². The van der Waals surface area contributed by atoms with Crippen LogP contribution in [0.1, 0.15) is 32.3 Å². The van der Waals surface area contributed by atoms with Crippen LogP contribution in [0, 0.1) is 0 Å². The number of amides is 1. The number of carbonyl (C=O) groups excluding carboxylic acids is 1. The highest BCUT2D eigenvalue weighted by Crippen LogP contribution is 2.20. The SMILES string of the molecule is CCCCOc1ccc(NC(=O)/C=C/c2ccccc2OCC)cc1. The van der Waals surface area contributed by atoms with E-state index in [2.05, 4.69) is 12.2 Å². The van der Waals surface area contributed by atoms with Crippen LogP contribution in [0.25, 0.3) is 6.08 Å². The van der Waals surface area contributed by atoms with Gasteiger partial charge in [0.15, 0.2) is 0 Å². The molecule has 1 N–H and O–H groups in total. The minimum atomic E-state index is -0.189. The van der Waals surface area contributed by atoms with E-state index in [1.807, 2.05) is 55.5 Å². The molecule has 132 valence electrons. The van der Waals surface area contributed by atoms with Crippen LogP contribution < -0.4 is 14.8 Å². The highest BCUT2D eigenvalue weighted by molar-refractivity contribution is 6.02. The first-order valence-electron chi connectivity index (χ1n) is 8.66. The number of para-hydroxylation sites is 1. The highest BCUT2D eigenvalue weighted by Gasteiger charge is 2.02. The number of hydrogen-bond donors (Lipinski definition) is 1. The molecule has 0 radical (unpaired) electrons. The lowest BCUT2D eigenvalue weighted by Gasteiger charge is -2.07. The molecule has 0 saturated carbocycles. The number of ether oxygens (including phenoxy) is 2. The number of anilines is 1. The smallest absolute Gasteiger partial charge is 0.248 e. The minimum Gasteiger partial charge on any atom is -0.494 e. The van der Waals surface area contributed by atoms with E-state index in [4.69, 9.17) is 9.47 Å². The summed E-state index contributed by atoms with van der Waals surface area (Å²) in [5.41, 5.74) is 1.61. The van der Waals surface area contributed by atoms with E-state index >= 15 is 0 Å². The Hall–Kier alpha value is -2.75. The Morgan fingerprint density at radius 1 is 1.04 bits per heavy atom. The Bertz CT molecular complexity index is 693. The molecule has 0 aliphatic heterocycles. The van der Waals surface area contributed by atoms with Gasteiger partial charge in [0, 0.05) is 17.3 Å². The van der Waals surface area contributed by atoms with Crippen LogP contribution in [0.4, 0.5) is 5.69 Å². The van der Waals surface area contributed by atoms with Crippen LogP contribution in [-0.2, 0) is 4.79 Å². The Morgan fingerprint density at radius 2 is 1.80 bits per heavy atom. The van der Waals surface area contributed by atoms with Crippen molar-refractivity contribution in [1.82, 2.24) is 0 Å². The van der Waals surface area contributed by atoms with Gasteiger partial charge in [-0.15, -0.1) is 0 Å². The summed E-state index contributed by atoms with van der Waals surface area (Å²) in [5.74, 6) is 1.39. The van der Waals surface area contributed by atoms with Gasteiger partial charge in [0.2, 0.25) is 5.91 Å². The summed E-state index contributed by atoms with van der Waals surface area (Å²) < 4.78 is 11.2. The fraction of sp³-hybridized carbons (Fsp3) is 0.286. The zero-order valence-corrected chi connectivity index (χ0v) is 14.8. The standard InChI is InChI=1S/C21H25NO3/c1-3-5-16-25-19-13-11-18(12-14-19)22-21(23)15-10-17-8-6-7-9-20(17)24-4-2/h6-15H,3-5,16H2,1-2H3,(H,22,23)/b15-10+. The zero-order chi connectivity index (χ0) is 17.9. The number of benzene rings is 2. The first-order valence-corrected chi connectivity index (χ1v) is 8.66. The Labute approximate surface area is 149 Å². The Kier molecular flexibility index (Phi) is 7.57. The van der Waals surface area contributed by atoms with E-state index < -0.39 is 0 Å². The van der Waals surface area contributed by atoms with Gasteiger partial charge in [0.1, 0.15) is 11.5 Å². The lowest BCUT2D eigenvalue weighted by Crippen LogP contribution is -2.07. The number of rotatable bonds is 9. The molecule has 0 saturated heterocycles. The molecule has 0 fully saturated rings. The molecule has 0 unspecified atom stereocenters. The summed E-state index contributed by atoms with van der Waals surface area (Å²) in [7, 11) is 0. The summed E-state index contributed by atoms with van der Waals surface area (Å²) in [6.07, 6.45) is 5.39. The maximum Gasteiger partial charge on any atom is 0.248 e. The van der Waals surface area contributed by atoms with Crippen LogP contribution in [0.5, 0.6) is 11.5 Å². The third-order valence-electron chi connectivity index (χ3n) is 3.52. The molecule has 0 spiro atoms. The van der Waals surface area contributed by atoms with E-state index in [0.717, 1.165) is 35.6 Å². The van der Waals surface area contributed by atoms with Gasteiger partial charge in [0.25, 0.3) is 0 Å². The largest absolute Gasteiger partial charge is 0.494 e. The van der Waals surface area contributed by atoms with E-state index in [-0.39, 0.29) is 5.91 Å². The van der Waals surface area contributed by atoms with Gasteiger partial charge >= 0.3 is 0 Å². The Balaban J connectivity index is 1.91. The molecule has 2 aromatic carbocycles. The van der Waals surface area contributed by atoms with E-state index in [9.17, 15) is 4.79 Å². The van der Waals surface area contributed by atoms with E-state index in [1.54, 1.807) is 6.08 Å². The molecule has 0 bridgehead atoms. The summed E-state index contributed by atoms with van der Waals surface area (Å²) in [6, 6.07) is 15.0. The van der Waals surface area contributed by atoms with Gasteiger partial charge < -0.3 is 14.8 Å². The van der Waals surface area contributed by atoms with Crippen molar-refractivity contribution in [2.75, 3.05) is 18.5 Å². The number of hydrogen-bond acceptors (Lipinski definition) is 3. The van der Waals surface area contributed by atoms with Crippen molar-refractivity contribution in [3.8, 4) is 11.5 Å². The first kappa shape index (κ1) is 18.6. The molecular formula is C21H25NO3. The first-order chi connectivity index (χ1) is 12.2. The van der Waals surface area contributed by atoms with Crippen LogP contribution in [-0.4, -0.2) is 19.1 Å². The average Bonchev–Trinajstić information content (AvgIpc) is 2.63. The predicted octanol–water partition coefficient (Wildman–Crippen LogP) is 4.92. The number of nitrogens with one attached hydrogen (secondary N) is 1. The van der Waals surface area contributed by atoms with Crippen LogP contribution in [0.15, 0.2) is 54.6 Å². The molecule has 0 heterocycles.